The van der Waals surface area contributed by atoms with Crippen molar-refractivity contribution in [3.8, 4) is 5.69 Å². The summed E-state index contributed by atoms with van der Waals surface area (Å²) in [6, 6.07) is 16.2. The highest BCUT2D eigenvalue weighted by molar-refractivity contribution is 6.30. The van der Waals surface area contributed by atoms with Crippen molar-refractivity contribution in [3.63, 3.8) is 0 Å². The number of nitrogens with one attached hydrogen (secondary N) is 1. The molecule has 1 aromatic heterocycles. The van der Waals surface area contributed by atoms with E-state index >= 15 is 0 Å². The maximum absolute atomic E-state index is 12.0. The zero-order valence-electron chi connectivity index (χ0n) is 11.0. The lowest BCUT2D eigenvalue weighted by Crippen LogP contribution is -2.26. The molecule has 21 heavy (non-hydrogen) atoms. The van der Waals surface area contributed by atoms with Crippen LogP contribution in [0.3, 0.4) is 0 Å². The van der Waals surface area contributed by atoms with Crippen molar-refractivity contribution in [3.05, 3.63) is 86.2 Å². The molecule has 0 spiro atoms. The highest BCUT2D eigenvalue weighted by atomic mass is 35.5. The normalized spacial score (nSPS) is 10.7. The van der Waals surface area contributed by atoms with Crippen LogP contribution in [-0.2, 0) is 6.54 Å². The van der Waals surface area contributed by atoms with Gasteiger partial charge in [-0.25, -0.2) is 14.3 Å². The Morgan fingerprint density at radius 1 is 0.952 bits per heavy atom. The van der Waals surface area contributed by atoms with Gasteiger partial charge in [0.25, 0.3) is 0 Å². The molecular formula is C15H12ClN3O2. The fraction of sp³-hybridized carbons (Fsp3) is 0.0667. The highest BCUT2D eigenvalue weighted by Crippen LogP contribution is 2.12. The van der Waals surface area contributed by atoms with Crippen molar-refractivity contribution < 1.29 is 0 Å². The number of H-pyrrole nitrogens is 1. The van der Waals surface area contributed by atoms with Crippen LogP contribution < -0.4 is 11.4 Å². The Morgan fingerprint density at radius 2 is 1.71 bits per heavy atom. The molecule has 0 bridgehead atoms. The van der Waals surface area contributed by atoms with Crippen LogP contribution in [0, 0.1) is 0 Å². The van der Waals surface area contributed by atoms with Crippen LogP contribution in [0.5, 0.6) is 0 Å². The minimum atomic E-state index is -0.465. The predicted octanol–water partition coefficient (Wildman–Crippen LogP) is 2.03. The number of aromatic nitrogens is 3. The Morgan fingerprint density at radius 3 is 2.43 bits per heavy atom. The lowest BCUT2D eigenvalue weighted by atomic mass is 10.2. The molecule has 6 heteroatoms. The van der Waals surface area contributed by atoms with Crippen molar-refractivity contribution in [1.82, 2.24) is 14.3 Å². The molecule has 0 radical (unpaired) electrons. The van der Waals surface area contributed by atoms with Crippen molar-refractivity contribution in [2.75, 3.05) is 0 Å². The highest BCUT2D eigenvalue weighted by Gasteiger charge is 2.11. The van der Waals surface area contributed by atoms with Gasteiger partial charge in [-0.15, -0.1) is 0 Å². The molecule has 0 aliphatic carbocycles. The molecule has 0 atom stereocenters. The van der Waals surface area contributed by atoms with Gasteiger partial charge in [0.15, 0.2) is 0 Å². The molecular weight excluding hydrogens is 290 g/mol. The number of halogens is 1. The molecule has 3 aromatic rings. The summed E-state index contributed by atoms with van der Waals surface area (Å²) in [6.07, 6.45) is 0. The molecule has 0 saturated carbocycles. The molecule has 0 aliphatic heterocycles. The van der Waals surface area contributed by atoms with Gasteiger partial charge >= 0.3 is 11.4 Å². The molecule has 0 saturated heterocycles. The zero-order chi connectivity index (χ0) is 14.8. The Balaban J connectivity index is 2.11. The first-order valence-corrected chi connectivity index (χ1v) is 6.75. The van der Waals surface area contributed by atoms with Crippen molar-refractivity contribution in [2.45, 2.75) is 6.54 Å². The van der Waals surface area contributed by atoms with E-state index in [1.165, 1.54) is 9.36 Å². The maximum atomic E-state index is 12.0. The number of hydrogen-bond donors (Lipinski definition) is 1. The third-order valence-corrected chi connectivity index (χ3v) is 3.34. The van der Waals surface area contributed by atoms with Crippen LogP contribution in [-0.4, -0.2) is 14.3 Å². The summed E-state index contributed by atoms with van der Waals surface area (Å²) in [5, 5.41) is 0.588. The van der Waals surface area contributed by atoms with Gasteiger partial charge in [-0.05, 0) is 29.8 Å². The second kappa shape index (κ2) is 5.46. The molecule has 1 N–H and O–H groups in total. The summed E-state index contributed by atoms with van der Waals surface area (Å²) in [4.78, 5) is 26.2. The van der Waals surface area contributed by atoms with Crippen LogP contribution in [0.4, 0.5) is 0 Å². The summed E-state index contributed by atoms with van der Waals surface area (Å²) in [6.45, 7) is 0.257. The van der Waals surface area contributed by atoms with Crippen LogP contribution >= 0.6 is 11.6 Å². The second-order valence-corrected chi connectivity index (χ2v) is 5.01. The third kappa shape index (κ3) is 2.68. The Labute approximate surface area is 125 Å². The molecule has 1 heterocycles. The minimum absolute atomic E-state index is 0.257. The third-order valence-electron chi connectivity index (χ3n) is 3.10. The Bertz CT molecular complexity index is 878. The van der Waals surface area contributed by atoms with E-state index in [1.807, 2.05) is 24.3 Å². The van der Waals surface area contributed by atoms with E-state index in [-0.39, 0.29) is 6.54 Å². The average molecular weight is 302 g/mol. The van der Waals surface area contributed by atoms with Gasteiger partial charge in [-0.2, -0.15) is 4.68 Å². The van der Waals surface area contributed by atoms with Crippen molar-refractivity contribution in [2.24, 2.45) is 0 Å². The number of nitrogens with zero attached hydrogens (tertiary/aromatic N) is 2. The van der Waals surface area contributed by atoms with Gasteiger partial charge in [-0.1, -0.05) is 41.9 Å². The number of benzene rings is 2. The van der Waals surface area contributed by atoms with E-state index in [2.05, 4.69) is 4.98 Å². The van der Waals surface area contributed by atoms with Crippen LogP contribution in [0.1, 0.15) is 5.56 Å². The quantitative estimate of drug-likeness (QED) is 0.804. The molecule has 0 aliphatic rings. The largest absolute Gasteiger partial charge is 0.349 e. The minimum Gasteiger partial charge on any atom is -0.256 e. The zero-order valence-corrected chi connectivity index (χ0v) is 11.7. The van der Waals surface area contributed by atoms with E-state index in [4.69, 9.17) is 11.6 Å². The predicted molar refractivity (Wildman–Crippen MR) is 81.2 cm³/mol. The van der Waals surface area contributed by atoms with Crippen molar-refractivity contribution in [1.29, 1.82) is 0 Å². The lowest BCUT2D eigenvalue weighted by molar-refractivity contribution is 0.576. The summed E-state index contributed by atoms with van der Waals surface area (Å²) >= 11 is 5.95. The Hall–Kier alpha value is -2.53. The van der Waals surface area contributed by atoms with Gasteiger partial charge in [0, 0.05) is 5.02 Å². The van der Waals surface area contributed by atoms with Crippen LogP contribution in [0.15, 0.2) is 64.2 Å². The standard InChI is InChI=1S/C15H12ClN3O2/c16-12-6-4-5-11(9-12)10-18-14(20)17-15(21)19(18)13-7-2-1-3-8-13/h1-9H,10H2,(H,17,20,21). The lowest BCUT2D eigenvalue weighted by Gasteiger charge is -2.09. The van der Waals surface area contributed by atoms with Gasteiger partial charge < -0.3 is 0 Å². The first-order chi connectivity index (χ1) is 10.1. The Kier molecular flexibility index (Phi) is 3.50. The number of aromatic amines is 1. The fourth-order valence-electron chi connectivity index (χ4n) is 2.19. The summed E-state index contributed by atoms with van der Waals surface area (Å²) in [7, 11) is 0. The van der Waals surface area contributed by atoms with Crippen molar-refractivity contribution >= 4 is 11.6 Å². The van der Waals surface area contributed by atoms with Crippen LogP contribution in [0.2, 0.25) is 5.02 Å². The number of hydrogen-bond acceptors (Lipinski definition) is 2. The first kappa shape index (κ1) is 13.5. The number of para-hydroxylation sites is 1. The first-order valence-electron chi connectivity index (χ1n) is 6.37. The van der Waals surface area contributed by atoms with E-state index in [1.54, 1.807) is 30.3 Å². The topological polar surface area (TPSA) is 59.8 Å². The van der Waals surface area contributed by atoms with E-state index in [9.17, 15) is 9.59 Å². The molecule has 106 valence electrons. The molecule has 2 aromatic carbocycles. The molecule has 5 nitrogen and oxygen atoms in total. The molecule has 3 rings (SSSR count). The molecule has 0 amide bonds. The van der Waals surface area contributed by atoms with Crippen LogP contribution in [0.25, 0.3) is 5.69 Å². The van der Waals surface area contributed by atoms with Gasteiger partial charge in [0.2, 0.25) is 0 Å². The smallest absolute Gasteiger partial charge is 0.256 e. The fourth-order valence-corrected chi connectivity index (χ4v) is 2.40. The summed E-state index contributed by atoms with van der Waals surface area (Å²) < 4.78 is 2.67. The maximum Gasteiger partial charge on any atom is 0.349 e. The van der Waals surface area contributed by atoms with Gasteiger partial charge in [-0.3, -0.25) is 4.98 Å². The SMILES string of the molecule is O=c1[nH]c(=O)n(-c2ccccc2)n1Cc1cccc(Cl)c1. The molecule has 0 unspecified atom stereocenters. The second-order valence-electron chi connectivity index (χ2n) is 4.57. The van der Waals surface area contributed by atoms with Gasteiger partial charge in [0.1, 0.15) is 0 Å². The summed E-state index contributed by atoms with van der Waals surface area (Å²) in [5.74, 6) is 0. The van der Waals surface area contributed by atoms with E-state index in [0.717, 1.165) is 5.56 Å². The molecule has 0 fully saturated rings. The van der Waals surface area contributed by atoms with E-state index in [0.29, 0.717) is 10.7 Å². The average Bonchev–Trinajstić information content (AvgIpc) is 2.74. The summed E-state index contributed by atoms with van der Waals surface area (Å²) in [5.41, 5.74) is 0.549. The van der Waals surface area contributed by atoms with E-state index < -0.39 is 11.4 Å². The number of rotatable bonds is 3. The van der Waals surface area contributed by atoms with Gasteiger partial charge in [0.05, 0.1) is 12.2 Å². The monoisotopic (exact) mass is 301 g/mol.